The van der Waals surface area contributed by atoms with Crippen LogP contribution in [0.3, 0.4) is 0 Å². The number of hydrogen-bond donors (Lipinski definition) is 1. The van der Waals surface area contributed by atoms with Gasteiger partial charge in [0, 0.05) is 36.5 Å². The monoisotopic (exact) mass is 384 g/mol. The molecule has 142 valence electrons. The van der Waals surface area contributed by atoms with E-state index in [-0.39, 0.29) is 5.75 Å². The van der Waals surface area contributed by atoms with Gasteiger partial charge in [0.2, 0.25) is 0 Å². The summed E-state index contributed by atoms with van der Waals surface area (Å²) in [5.74, 6) is 1.62. The van der Waals surface area contributed by atoms with Crippen LogP contribution in [0.2, 0.25) is 5.02 Å². The number of rotatable bonds is 4. The number of nitrogens with zero attached hydrogens (tertiary/aromatic N) is 2. The van der Waals surface area contributed by atoms with Crippen molar-refractivity contribution in [2.75, 3.05) is 13.1 Å². The van der Waals surface area contributed by atoms with E-state index in [9.17, 15) is 5.11 Å². The van der Waals surface area contributed by atoms with Crippen LogP contribution in [0.1, 0.15) is 37.1 Å². The Kier molecular flexibility index (Phi) is 5.11. The Morgan fingerprint density at radius 1 is 1.11 bits per heavy atom. The van der Waals surface area contributed by atoms with E-state index >= 15 is 0 Å². The molecule has 4 rings (SSSR count). The fourth-order valence-corrected chi connectivity index (χ4v) is 4.45. The van der Waals surface area contributed by atoms with Gasteiger partial charge < -0.3 is 9.63 Å². The van der Waals surface area contributed by atoms with Gasteiger partial charge in [-0.3, -0.25) is 4.90 Å². The third-order valence-corrected chi connectivity index (χ3v) is 5.66. The van der Waals surface area contributed by atoms with Crippen LogP contribution in [0.15, 0.2) is 40.9 Å². The minimum Gasteiger partial charge on any atom is -0.507 e. The maximum atomic E-state index is 10.5. The van der Waals surface area contributed by atoms with Crippen LogP contribution in [-0.4, -0.2) is 28.3 Å². The van der Waals surface area contributed by atoms with E-state index in [0.29, 0.717) is 30.4 Å². The number of halogens is 1. The summed E-state index contributed by atoms with van der Waals surface area (Å²) in [7, 11) is 0. The van der Waals surface area contributed by atoms with Crippen molar-refractivity contribution in [3.8, 4) is 5.75 Å². The molecule has 1 fully saturated rings. The fraction of sp³-hybridized carbons (Fsp3) is 0.409. The molecule has 2 unspecified atom stereocenters. The normalized spacial score (nSPS) is 21.0. The molecule has 27 heavy (non-hydrogen) atoms. The molecule has 2 aromatic carbocycles. The molecule has 3 aromatic rings. The van der Waals surface area contributed by atoms with Gasteiger partial charge in [0.25, 0.3) is 0 Å². The van der Waals surface area contributed by atoms with Crippen molar-refractivity contribution < 1.29 is 9.63 Å². The van der Waals surface area contributed by atoms with E-state index in [2.05, 4.69) is 23.9 Å². The Balaban J connectivity index is 1.62. The molecule has 2 atom stereocenters. The van der Waals surface area contributed by atoms with Crippen LogP contribution in [0, 0.1) is 11.8 Å². The maximum Gasteiger partial charge on any atom is 0.175 e. The molecule has 0 saturated carbocycles. The van der Waals surface area contributed by atoms with Crippen LogP contribution in [-0.2, 0) is 13.0 Å². The highest BCUT2D eigenvalue weighted by Gasteiger charge is 2.24. The fourth-order valence-electron chi connectivity index (χ4n) is 4.32. The molecular formula is C22H25ClN2O2. The second-order valence-corrected chi connectivity index (χ2v) is 8.45. The summed E-state index contributed by atoms with van der Waals surface area (Å²) in [6, 6.07) is 11.4. The van der Waals surface area contributed by atoms with Gasteiger partial charge in [0.15, 0.2) is 5.58 Å². The van der Waals surface area contributed by atoms with Gasteiger partial charge in [-0.2, -0.15) is 0 Å². The summed E-state index contributed by atoms with van der Waals surface area (Å²) < 4.78 is 5.69. The third kappa shape index (κ3) is 3.97. The first-order valence-electron chi connectivity index (χ1n) is 9.55. The third-order valence-electron chi connectivity index (χ3n) is 5.40. The number of aromatic nitrogens is 1. The number of benzene rings is 2. The Bertz CT molecular complexity index is 925. The van der Waals surface area contributed by atoms with Crippen molar-refractivity contribution in [1.82, 2.24) is 10.1 Å². The Hall–Kier alpha value is -2.04. The first-order valence-corrected chi connectivity index (χ1v) is 9.93. The lowest BCUT2D eigenvalue weighted by molar-refractivity contribution is 0.133. The molecule has 1 aromatic heterocycles. The summed E-state index contributed by atoms with van der Waals surface area (Å²) in [4.78, 5) is 2.41. The minimum absolute atomic E-state index is 0.280. The molecule has 0 amide bonds. The zero-order valence-electron chi connectivity index (χ0n) is 15.8. The van der Waals surface area contributed by atoms with Crippen molar-refractivity contribution in [2.24, 2.45) is 11.8 Å². The molecule has 1 saturated heterocycles. The van der Waals surface area contributed by atoms with Crippen molar-refractivity contribution >= 4 is 22.6 Å². The second kappa shape index (κ2) is 7.53. The standard InChI is InChI=1S/C22H25ClN2O2/c1-14-9-15(2)12-25(11-14)13-19-21(26)8-7-18-20(24-27-22(18)19)10-16-3-5-17(23)6-4-16/h3-8,14-15,26H,9-13H2,1-2H3. The average molecular weight is 385 g/mol. The topological polar surface area (TPSA) is 49.5 Å². The molecule has 0 spiro atoms. The van der Waals surface area contributed by atoms with Crippen molar-refractivity contribution in [3.05, 3.63) is 58.2 Å². The van der Waals surface area contributed by atoms with Gasteiger partial charge in [0.1, 0.15) is 5.75 Å². The molecule has 0 bridgehead atoms. The summed E-state index contributed by atoms with van der Waals surface area (Å²) in [5.41, 5.74) is 3.55. The lowest BCUT2D eigenvalue weighted by atomic mass is 9.91. The average Bonchev–Trinajstić information content (AvgIpc) is 3.02. The molecule has 0 radical (unpaired) electrons. The Morgan fingerprint density at radius 3 is 2.52 bits per heavy atom. The van der Waals surface area contributed by atoms with Gasteiger partial charge >= 0.3 is 0 Å². The number of hydrogen-bond acceptors (Lipinski definition) is 4. The van der Waals surface area contributed by atoms with E-state index in [1.807, 2.05) is 30.3 Å². The molecule has 1 N–H and O–H groups in total. The van der Waals surface area contributed by atoms with Crippen molar-refractivity contribution in [1.29, 1.82) is 0 Å². The number of piperidine rings is 1. The summed E-state index contributed by atoms with van der Waals surface area (Å²) >= 11 is 5.97. The first-order chi connectivity index (χ1) is 13.0. The maximum absolute atomic E-state index is 10.5. The lowest BCUT2D eigenvalue weighted by Crippen LogP contribution is -2.38. The lowest BCUT2D eigenvalue weighted by Gasteiger charge is -2.35. The zero-order valence-corrected chi connectivity index (χ0v) is 16.5. The van der Waals surface area contributed by atoms with Crippen molar-refractivity contribution in [2.45, 2.75) is 33.2 Å². The first kappa shape index (κ1) is 18.3. The van der Waals surface area contributed by atoms with E-state index < -0.39 is 0 Å². The Labute approximate surface area is 164 Å². The van der Waals surface area contributed by atoms with Gasteiger partial charge in [-0.05, 0) is 48.1 Å². The van der Waals surface area contributed by atoms with Gasteiger partial charge in [-0.15, -0.1) is 0 Å². The van der Waals surface area contributed by atoms with E-state index in [1.165, 1.54) is 6.42 Å². The molecule has 2 heterocycles. The van der Waals surface area contributed by atoms with E-state index in [0.717, 1.165) is 40.3 Å². The molecule has 0 aliphatic carbocycles. The number of likely N-dealkylation sites (tertiary alicyclic amines) is 1. The second-order valence-electron chi connectivity index (χ2n) is 8.01. The van der Waals surface area contributed by atoms with Crippen LogP contribution in [0.5, 0.6) is 5.75 Å². The highest BCUT2D eigenvalue weighted by molar-refractivity contribution is 6.30. The smallest absolute Gasteiger partial charge is 0.175 e. The van der Waals surface area contributed by atoms with Gasteiger partial charge in [0.05, 0.1) is 11.3 Å². The van der Waals surface area contributed by atoms with Gasteiger partial charge in [-0.25, -0.2) is 0 Å². The minimum atomic E-state index is 0.280. The summed E-state index contributed by atoms with van der Waals surface area (Å²) in [5, 5.41) is 16.5. The molecular weight excluding hydrogens is 360 g/mol. The predicted octanol–water partition coefficient (Wildman–Crippen LogP) is 5.26. The Morgan fingerprint density at radius 2 is 1.81 bits per heavy atom. The quantitative estimate of drug-likeness (QED) is 0.666. The predicted molar refractivity (Wildman–Crippen MR) is 108 cm³/mol. The number of phenolic OH excluding ortho intramolecular Hbond substituents is 1. The van der Waals surface area contributed by atoms with Crippen molar-refractivity contribution in [3.63, 3.8) is 0 Å². The molecule has 1 aliphatic rings. The summed E-state index contributed by atoms with van der Waals surface area (Å²) in [6.07, 6.45) is 1.94. The van der Waals surface area contributed by atoms with E-state index in [4.69, 9.17) is 16.1 Å². The largest absolute Gasteiger partial charge is 0.507 e. The summed E-state index contributed by atoms with van der Waals surface area (Å²) in [6.45, 7) is 7.37. The van der Waals surface area contributed by atoms with Crippen LogP contribution in [0.25, 0.3) is 11.0 Å². The molecule has 4 nitrogen and oxygen atoms in total. The van der Waals surface area contributed by atoms with E-state index in [1.54, 1.807) is 6.07 Å². The SMILES string of the molecule is CC1CC(C)CN(Cc2c(O)ccc3c(Cc4ccc(Cl)cc4)noc23)C1. The van der Waals surface area contributed by atoms with Crippen LogP contribution < -0.4 is 0 Å². The van der Waals surface area contributed by atoms with Gasteiger partial charge in [-0.1, -0.05) is 42.7 Å². The number of fused-ring (bicyclic) bond motifs is 1. The zero-order chi connectivity index (χ0) is 19.0. The highest BCUT2D eigenvalue weighted by Crippen LogP contribution is 2.33. The van der Waals surface area contributed by atoms with Crippen LogP contribution in [0.4, 0.5) is 0 Å². The highest BCUT2D eigenvalue weighted by atomic mass is 35.5. The number of phenols is 1. The number of aromatic hydroxyl groups is 1. The molecule has 5 heteroatoms. The van der Waals surface area contributed by atoms with Crippen LogP contribution >= 0.6 is 11.6 Å². The molecule has 1 aliphatic heterocycles.